The van der Waals surface area contributed by atoms with E-state index in [2.05, 4.69) is 5.32 Å². The van der Waals surface area contributed by atoms with Crippen LogP contribution in [0.25, 0.3) is 0 Å². The van der Waals surface area contributed by atoms with Crippen LogP contribution in [0.5, 0.6) is 0 Å². The molecule has 1 aliphatic rings. The smallest absolute Gasteiger partial charge is 0.254 e. The van der Waals surface area contributed by atoms with E-state index in [0.717, 1.165) is 44.1 Å². The fraction of sp³-hybridized carbons (Fsp3) is 0.462. The van der Waals surface area contributed by atoms with Crippen molar-refractivity contribution in [3.05, 3.63) is 35.4 Å². The summed E-state index contributed by atoms with van der Waals surface area (Å²) in [5, 5.41) is 3.20. The number of rotatable bonds is 2. The highest BCUT2D eigenvalue weighted by molar-refractivity contribution is 5.94. The number of carbonyl (C=O) groups is 1. The van der Waals surface area contributed by atoms with Crippen molar-refractivity contribution >= 4 is 5.91 Å². The zero-order chi connectivity index (χ0) is 13.1. The second kappa shape index (κ2) is 5.44. The zero-order valence-corrected chi connectivity index (χ0v) is 10.2. The monoisotopic (exact) mass is 254 g/mol. The molecule has 1 N–H and O–H groups in total. The van der Waals surface area contributed by atoms with Gasteiger partial charge in [0.2, 0.25) is 0 Å². The third-order valence-electron chi connectivity index (χ3n) is 3.25. The normalized spacial score (nSPS) is 19.6. The number of carbonyl (C=O) groups excluding carboxylic acids is 1. The number of piperidine rings is 1. The summed E-state index contributed by atoms with van der Waals surface area (Å²) in [6.45, 7) is 1.67. The molecule has 18 heavy (non-hydrogen) atoms. The first-order chi connectivity index (χ1) is 8.58. The van der Waals surface area contributed by atoms with Gasteiger partial charge in [0.25, 0.3) is 5.91 Å². The number of hydrogen-bond donors (Lipinski definition) is 1. The first kappa shape index (κ1) is 13.0. The Bertz CT molecular complexity index is 424. The number of benzene rings is 1. The van der Waals surface area contributed by atoms with Gasteiger partial charge < -0.3 is 10.2 Å². The molecule has 1 aliphatic heterocycles. The molecule has 1 heterocycles. The maximum atomic E-state index is 13.1. The van der Waals surface area contributed by atoms with Gasteiger partial charge in [0.05, 0.1) is 0 Å². The van der Waals surface area contributed by atoms with Crippen LogP contribution in [0.3, 0.4) is 0 Å². The number of halogens is 2. The first-order valence-corrected chi connectivity index (χ1v) is 6.02. The Hall–Kier alpha value is -1.49. The van der Waals surface area contributed by atoms with E-state index in [4.69, 9.17) is 0 Å². The van der Waals surface area contributed by atoms with Crippen molar-refractivity contribution in [1.29, 1.82) is 0 Å². The van der Waals surface area contributed by atoms with E-state index in [0.29, 0.717) is 0 Å². The number of amides is 1. The molecule has 0 saturated carbocycles. The fourth-order valence-corrected chi connectivity index (χ4v) is 2.21. The molecule has 5 heteroatoms. The second-order valence-electron chi connectivity index (χ2n) is 4.57. The Kier molecular flexibility index (Phi) is 3.91. The third kappa shape index (κ3) is 2.85. The van der Waals surface area contributed by atoms with Crippen molar-refractivity contribution in [2.75, 3.05) is 20.1 Å². The maximum Gasteiger partial charge on any atom is 0.254 e. The minimum Gasteiger partial charge on any atom is -0.337 e. The standard InChI is InChI=1S/C13H16F2N2O/c1-17(12-3-2-4-16-8-12)13(18)9-5-10(14)7-11(15)6-9/h5-7,12,16H,2-4,8H2,1H3. The predicted octanol–water partition coefficient (Wildman–Crippen LogP) is 1.79. The van der Waals surface area contributed by atoms with Crippen molar-refractivity contribution in [2.45, 2.75) is 18.9 Å². The molecule has 1 aromatic rings. The number of nitrogens with zero attached hydrogens (tertiary/aromatic N) is 1. The number of likely N-dealkylation sites (N-methyl/N-ethyl adjacent to an activating group) is 1. The molecule has 2 rings (SSSR count). The minimum absolute atomic E-state index is 0.0561. The molecule has 1 fully saturated rings. The predicted molar refractivity (Wildman–Crippen MR) is 64.3 cm³/mol. The molecule has 1 saturated heterocycles. The zero-order valence-electron chi connectivity index (χ0n) is 10.2. The molecule has 0 radical (unpaired) electrons. The van der Waals surface area contributed by atoms with Gasteiger partial charge in [-0.25, -0.2) is 8.78 Å². The molecule has 0 spiro atoms. The molecule has 0 aromatic heterocycles. The number of hydrogen-bond acceptors (Lipinski definition) is 2. The summed E-state index contributed by atoms with van der Waals surface area (Å²) >= 11 is 0. The molecule has 1 amide bonds. The summed E-state index contributed by atoms with van der Waals surface area (Å²) in [6.07, 6.45) is 1.91. The Morgan fingerprint density at radius 3 is 2.56 bits per heavy atom. The van der Waals surface area contributed by atoms with Gasteiger partial charge in [-0.2, -0.15) is 0 Å². The Morgan fingerprint density at radius 1 is 1.33 bits per heavy atom. The largest absolute Gasteiger partial charge is 0.337 e. The van der Waals surface area contributed by atoms with E-state index >= 15 is 0 Å². The van der Waals surface area contributed by atoms with Crippen molar-refractivity contribution < 1.29 is 13.6 Å². The van der Waals surface area contributed by atoms with Crippen LogP contribution in [-0.4, -0.2) is 37.0 Å². The minimum atomic E-state index is -0.728. The van der Waals surface area contributed by atoms with Crippen LogP contribution in [0.1, 0.15) is 23.2 Å². The third-order valence-corrected chi connectivity index (χ3v) is 3.25. The molecule has 0 aliphatic carbocycles. The van der Waals surface area contributed by atoms with Gasteiger partial charge in [-0.05, 0) is 31.5 Å². The summed E-state index contributed by atoms with van der Waals surface area (Å²) in [4.78, 5) is 13.7. The van der Waals surface area contributed by atoms with E-state index in [9.17, 15) is 13.6 Å². The van der Waals surface area contributed by atoms with Crippen molar-refractivity contribution in [2.24, 2.45) is 0 Å². The van der Waals surface area contributed by atoms with Crippen LogP contribution in [0.2, 0.25) is 0 Å². The van der Waals surface area contributed by atoms with Crippen LogP contribution in [0.15, 0.2) is 18.2 Å². The van der Waals surface area contributed by atoms with Crippen LogP contribution >= 0.6 is 0 Å². The molecule has 0 bridgehead atoms. The Morgan fingerprint density at radius 2 is 2.00 bits per heavy atom. The lowest BCUT2D eigenvalue weighted by atomic mass is 10.1. The molecule has 1 aromatic carbocycles. The van der Waals surface area contributed by atoms with Crippen molar-refractivity contribution in [3.63, 3.8) is 0 Å². The lowest BCUT2D eigenvalue weighted by Gasteiger charge is -2.31. The van der Waals surface area contributed by atoms with E-state index in [1.807, 2.05) is 0 Å². The summed E-state index contributed by atoms with van der Waals surface area (Å²) in [7, 11) is 1.67. The Labute approximate surface area is 105 Å². The van der Waals surface area contributed by atoms with Crippen molar-refractivity contribution in [1.82, 2.24) is 10.2 Å². The quantitative estimate of drug-likeness (QED) is 0.872. The lowest BCUT2D eigenvalue weighted by molar-refractivity contribution is 0.0707. The second-order valence-corrected chi connectivity index (χ2v) is 4.57. The first-order valence-electron chi connectivity index (χ1n) is 6.02. The topological polar surface area (TPSA) is 32.3 Å². The van der Waals surface area contributed by atoms with Gasteiger partial charge in [-0.15, -0.1) is 0 Å². The maximum absolute atomic E-state index is 13.1. The average Bonchev–Trinajstić information content (AvgIpc) is 2.37. The fourth-order valence-electron chi connectivity index (χ4n) is 2.21. The van der Waals surface area contributed by atoms with Crippen LogP contribution < -0.4 is 5.32 Å². The summed E-state index contributed by atoms with van der Waals surface area (Å²) in [5.74, 6) is -1.80. The summed E-state index contributed by atoms with van der Waals surface area (Å²) in [6, 6.07) is 2.98. The SMILES string of the molecule is CN(C(=O)c1cc(F)cc(F)c1)C1CCCNC1. The molecule has 1 unspecified atom stereocenters. The number of nitrogens with one attached hydrogen (secondary N) is 1. The van der Waals surface area contributed by atoms with Gasteiger partial charge in [-0.3, -0.25) is 4.79 Å². The average molecular weight is 254 g/mol. The summed E-state index contributed by atoms with van der Waals surface area (Å²) < 4.78 is 26.1. The Balaban J connectivity index is 2.14. The van der Waals surface area contributed by atoms with Gasteiger partial charge in [0, 0.05) is 31.3 Å². The lowest BCUT2D eigenvalue weighted by Crippen LogP contribution is -2.46. The highest BCUT2D eigenvalue weighted by atomic mass is 19.1. The molecular formula is C13H16F2N2O. The molecule has 98 valence electrons. The molecular weight excluding hydrogens is 238 g/mol. The van der Waals surface area contributed by atoms with Crippen LogP contribution in [0.4, 0.5) is 8.78 Å². The van der Waals surface area contributed by atoms with Gasteiger partial charge in [-0.1, -0.05) is 0 Å². The summed E-state index contributed by atoms with van der Waals surface area (Å²) in [5.41, 5.74) is 0.0561. The van der Waals surface area contributed by atoms with E-state index in [1.165, 1.54) is 0 Å². The highest BCUT2D eigenvalue weighted by Crippen LogP contribution is 2.14. The van der Waals surface area contributed by atoms with E-state index in [1.54, 1.807) is 11.9 Å². The van der Waals surface area contributed by atoms with Gasteiger partial charge in [0.15, 0.2) is 0 Å². The molecule has 1 atom stereocenters. The van der Waals surface area contributed by atoms with Gasteiger partial charge in [0.1, 0.15) is 11.6 Å². The van der Waals surface area contributed by atoms with Gasteiger partial charge >= 0.3 is 0 Å². The van der Waals surface area contributed by atoms with Crippen molar-refractivity contribution in [3.8, 4) is 0 Å². The van der Waals surface area contributed by atoms with Crippen LogP contribution in [0, 0.1) is 11.6 Å². The van der Waals surface area contributed by atoms with Crippen LogP contribution in [-0.2, 0) is 0 Å². The highest BCUT2D eigenvalue weighted by Gasteiger charge is 2.23. The van der Waals surface area contributed by atoms with E-state index in [-0.39, 0.29) is 17.5 Å². The molecule has 3 nitrogen and oxygen atoms in total. The van der Waals surface area contributed by atoms with E-state index < -0.39 is 11.6 Å².